The predicted molar refractivity (Wildman–Crippen MR) is 113 cm³/mol. The van der Waals surface area contributed by atoms with Gasteiger partial charge >= 0.3 is 0 Å². The van der Waals surface area contributed by atoms with Crippen molar-refractivity contribution >= 4 is 29.1 Å². The summed E-state index contributed by atoms with van der Waals surface area (Å²) in [5, 5.41) is 11.3. The Labute approximate surface area is 169 Å². The van der Waals surface area contributed by atoms with Gasteiger partial charge in [-0.25, -0.2) is 0 Å². The zero-order valence-corrected chi connectivity index (χ0v) is 16.7. The zero-order valence-electron chi connectivity index (χ0n) is 15.9. The highest BCUT2D eigenvalue weighted by Gasteiger charge is 2.30. The second-order valence-electron chi connectivity index (χ2n) is 6.19. The molecule has 1 aliphatic heterocycles. The number of nitrogens with one attached hydrogen (secondary N) is 1. The molecule has 1 unspecified atom stereocenters. The number of ether oxygens (including phenoxy) is 2. The second kappa shape index (κ2) is 9.94. The lowest BCUT2D eigenvalue weighted by atomic mass is 10.1. The van der Waals surface area contributed by atoms with E-state index in [-0.39, 0.29) is 11.2 Å². The van der Waals surface area contributed by atoms with E-state index in [1.807, 2.05) is 48.5 Å². The van der Waals surface area contributed by atoms with Gasteiger partial charge in [0.15, 0.2) is 5.17 Å². The van der Waals surface area contributed by atoms with Gasteiger partial charge in [0.1, 0.15) is 11.5 Å². The van der Waals surface area contributed by atoms with Crippen molar-refractivity contribution < 1.29 is 14.3 Å². The number of hydrogen-bond acceptors (Lipinski definition) is 6. The lowest BCUT2D eigenvalue weighted by Gasteiger charge is -2.07. The first kappa shape index (κ1) is 19.9. The number of hydrogen-bond donors (Lipinski definition) is 1. The molecule has 6 nitrogen and oxygen atoms in total. The molecule has 3 rings (SSSR count). The summed E-state index contributed by atoms with van der Waals surface area (Å²) in [6, 6.07) is 15.4. The second-order valence-corrected chi connectivity index (χ2v) is 7.38. The molecule has 1 atom stereocenters. The number of nitrogens with zero attached hydrogens (tertiary/aromatic N) is 2. The molecule has 2 aromatic carbocycles. The van der Waals surface area contributed by atoms with Crippen LogP contribution in [0.4, 0.5) is 0 Å². The van der Waals surface area contributed by atoms with Gasteiger partial charge in [-0.05, 0) is 42.7 Å². The third-order valence-electron chi connectivity index (χ3n) is 4.06. The summed E-state index contributed by atoms with van der Waals surface area (Å²) in [5.74, 6) is 1.49. The van der Waals surface area contributed by atoms with Crippen LogP contribution in [0.3, 0.4) is 0 Å². The van der Waals surface area contributed by atoms with E-state index in [0.717, 1.165) is 29.0 Å². The molecule has 28 heavy (non-hydrogen) atoms. The number of thioether (sulfide) groups is 1. The van der Waals surface area contributed by atoms with Crippen molar-refractivity contribution in [1.82, 2.24) is 5.32 Å². The van der Waals surface area contributed by atoms with Crippen molar-refractivity contribution in [2.75, 3.05) is 13.7 Å². The van der Waals surface area contributed by atoms with E-state index in [4.69, 9.17) is 9.47 Å². The van der Waals surface area contributed by atoms with Gasteiger partial charge < -0.3 is 14.8 Å². The molecule has 1 fully saturated rings. The molecule has 0 saturated carbocycles. The van der Waals surface area contributed by atoms with Crippen molar-refractivity contribution in [3.63, 3.8) is 0 Å². The van der Waals surface area contributed by atoms with E-state index in [1.54, 1.807) is 13.3 Å². The minimum Gasteiger partial charge on any atom is -0.497 e. The fourth-order valence-corrected chi connectivity index (χ4v) is 3.64. The van der Waals surface area contributed by atoms with Crippen LogP contribution in [0.15, 0.2) is 58.7 Å². The first-order valence-electron chi connectivity index (χ1n) is 9.13. The number of amidine groups is 1. The van der Waals surface area contributed by atoms with Crippen LogP contribution in [0.1, 0.15) is 24.5 Å². The Morgan fingerprint density at radius 1 is 1.21 bits per heavy atom. The minimum atomic E-state index is -0.235. The zero-order chi connectivity index (χ0) is 19.8. The monoisotopic (exact) mass is 397 g/mol. The molecule has 1 amide bonds. The summed E-state index contributed by atoms with van der Waals surface area (Å²) in [7, 11) is 1.63. The highest BCUT2D eigenvalue weighted by Crippen LogP contribution is 2.25. The van der Waals surface area contributed by atoms with Crippen LogP contribution in [-0.2, 0) is 11.2 Å². The van der Waals surface area contributed by atoms with Crippen molar-refractivity contribution in [2.24, 2.45) is 10.2 Å². The average Bonchev–Trinajstić information content (AvgIpc) is 3.06. The predicted octanol–water partition coefficient (Wildman–Crippen LogP) is 3.65. The smallest absolute Gasteiger partial charge is 0.239 e. The van der Waals surface area contributed by atoms with Crippen LogP contribution >= 0.6 is 11.8 Å². The van der Waals surface area contributed by atoms with Crippen LogP contribution < -0.4 is 14.8 Å². The van der Waals surface area contributed by atoms with Crippen molar-refractivity contribution in [1.29, 1.82) is 0 Å². The van der Waals surface area contributed by atoms with Gasteiger partial charge in [0.05, 0.1) is 25.2 Å². The molecule has 1 saturated heterocycles. The summed E-state index contributed by atoms with van der Waals surface area (Å²) < 4.78 is 10.9. The maximum Gasteiger partial charge on any atom is 0.239 e. The Balaban J connectivity index is 1.63. The molecule has 1 aliphatic rings. The molecule has 0 spiro atoms. The lowest BCUT2D eigenvalue weighted by molar-refractivity contribution is -0.118. The SMILES string of the molecule is CCCOc1ccccc1/C=N/N=C1/NC(=O)C(Cc2cccc(OC)c2)S1. The van der Waals surface area contributed by atoms with Gasteiger partial charge in [-0.15, -0.1) is 5.10 Å². The fourth-order valence-electron chi connectivity index (χ4n) is 2.67. The number of carbonyl (C=O) groups is 1. The standard InChI is InChI=1S/C21H23N3O3S/c1-3-11-27-18-10-5-4-8-16(18)14-22-24-21-23-20(25)19(28-21)13-15-7-6-9-17(12-15)26-2/h4-10,12,14,19H,3,11,13H2,1-2H3,(H,23,24,25)/b22-14+. The molecular weight excluding hydrogens is 374 g/mol. The third-order valence-corrected chi connectivity index (χ3v) is 5.13. The van der Waals surface area contributed by atoms with Gasteiger partial charge in [0.2, 0.25) is 5.91 Å². The molecule has 2 aromatic rings. The Morgan fingerprint density at radius 2 is 2.07 bits per heavy atom. The van der Waals surface area contributed by atoms with Gasteiger partial charge in [-0.2, -0.15) is 5.10 Å². The number of rotatable bonds is 8. The number of methoxy groups -OCH3 is 1. The van der Waals surface area contributed by atoms with E-state index in [1.165, 1.54) is 11.8 Å². The lowest BCUT2D eigenvalue weighted by Crippen LogP contribution is -2.25. The summed E-state index contributed by atoms with van der Waals surface area (Å²) in [4.78, 5) is 12.2. The molecule has 0 aliphatic carbocycles. The minimum absolute atomic E-state index is 0.0616. The van der Waals surface area contributed by atoms with Crippen LogP contribution in [0.2, 0.25) is 0 Å². The quantitative estimate of drug-likeness (QED) is 0.545. The summed E-state index contributed by atoms with van der Waals surface area (Å²) in [6.07, 6.45) is 3.18. The fraction of sp³-hybridized carbons (Fsp3) is 0.286. The van der Waals surface area contributed by atoms with E-state index in [0.29, 0.717) is 18.2 Å². The van der Waals surface area contributed by atoms with E-state index in [2.05, 4.69) is 22.4 Å². The molecule has 0 aromatic heterocycles. The molecule has 0 radical (unpaired) electrons. The van der Waals surface area contributed by atoms with Gasteiger partial charge in [0.25, 0.3) is 0 Å². The molecular formula is C21H23N3O3S. The Hall–Kier alpha value is -2.80. The Bertz CT molecular complexity index is 883. The van der Waals surface area contributed by atoms with Crippen LogP contribution in [0.5, 0.6) is 11.5 Å². The number of carbonyl (C=O) groups excluding carboxylic acids is 1. The van der Waals surface area contributed by atoms with Crippen LogP contribution in [0.25, 0.3) is 0 Å². The summed E-state index contributed by atoms with van der Waals surface area (Å²) in [5.41, 5.74) is 1.89. The molecule has 0 bridgehead atoms. The Kier molecular flexibility index (Phi) is 7.08. The number of para-hydroxylation sites is 1. The van der Waals surface area contributed by atoms with Gasteiger partial charge in [-0.1, -0.05) is 43.0 Å². The summed E-state index contributed by atoms with van der Waals surface area (Å²) >= 11 is 1.38. The van der Waals surface area contributed by atoms with E-state index < -0.39 is 0 Å². The maximum atomic E-state index is 12.2. The molecule has 1 N–H and O–H groups in total. The number of benzene rings is 2. The molecule has 7 heteroatoms. The highest BCUT2D eigenvalue weighted by molar-refractivity contribution is 8.15. The van der Waals surface area contributed by atoms with Gasteiger partial charge in [-0.3, -0.25) is 4.79 Å². The van der Waals surface area contributed by atoms with E-state index >= 15 is 0 Å². The van der Waals surface area contributed by atoms with E-state index in [9.17, 15) is 4.79 Å². The molecule has 146 valence electrons. The first-order chi connectivity index (χ1) is 13.7. The Morgan fingerprint density at radius 3 is 2.89 bits per heavy atom. The van der Waals surface area contributed by atoms with Crippen molar-refractivity contribution in [2.45, 2.75) is 25.0 Å². The van der Waals surface area contributed by atoms with Crippen molar-refractivity contribution in [3.8, 4) is 11.5 Å². The van der Waals surface area contributed by atoms with Gasteiger partial charge in [0, 0.05) is 5.56 Å². The number of amides is 1. The largest absolute Gasteiger partial charge is 0.497 e. The third kappa shape index (κ3) is 5.36. The average molecular weight is 398 g/mol. The van der Waals surface area contributed by atoms with Crippen LogP contribution in [0, 0.1) is 0 Å². The maximum absolute atomic E-state index is 12.2. The summed E-state index contributed by atoms with van der Waals surface area (Å²) in [6.45, 7) is 2.71. The highest BCUT2D eigenvalue weighted by atomic mass is 32.2. The topological polar surface area (TPSA) is 72.3 Å². The van der Waals surface area contributed by atoms with Crippen molar-refractivity contribution in [3.05, 3.63) is 59.7 Å². The van der Waals surface area contributed by atoms with Crippen LogP contribution in [-0.4, -0.2) is 36.3 Å². The normalized spacial score (nSPS) is 17.9. The molecule has 1 heterocycles. The first-order valence-corrected chi connectivity index (χ1v) is 10.0.